The van der Waals surface area contributed by atoms with Crippen molar-refractivity contribution in [1.82, 2.24) is 4.83 Å². The van der Waals surface area contributed by atoms with Crippen LogP contribution in [0.5, 0.6) is 0 Å². The molecule has 2 saturated carbocycles. The predicted molar refractivity (Wildman–Crippen MR) is 83.5 cm³/mol. The summed E-state index contributed by atoms with van der Waals surface area (Å²) in [6, 6.07) is 6.82. The Hall–Kier alpha value is -1.36. The van der Waals surface area contributed by atoms with E-state index in [0.717, 1.165) is 24.1 Å². The Kier molecular flexibility index (Phi) is 3.35. The smallest absolute Gasteiger partial charge is 0.200 e. The minimum Gasteiger partial charge on any atom is -0.200 e. The van der Waals surface area contributed by atoms with E-state index in [1.165, 1.54) is 6.42 Å². The van der Waals surface area contributed by atoms with Crippen LogP contribution < -0.4 is 4.83 Å². The van der Waals surface area contributed by atoms with Crippen LogP contribution >= 0.6 is 0 Å². The highest BCUT2D eigenvalue weighted by Crippen LogP contribution is 2.53. The van der Waals surface area contributed by atoms with Gasteiger partial charge in [0, 0.05) is 11.1 Å². The Morgan fingerprint density at radius 2 is 1.86 bits per heavy atom. The maximum absolute atomic E-state index is 12.3. The molecule has 0 amide bonds. The number of sulfonamides is 1. The van der Waals surface area contributed by atoms with Crippen molar-refractivity contribution in [2.45, 2.75) is 44.9 Å². The fourth-order valence-electron chi connectivity index (χ4n) is 3.74. The minimum atomic E-state index is -3.57. The predicted octanol–water partition coefficient (Wildman–Crippen LogP) is 3.09. The fourth-order valence-corrected chi connectivity index (χ4v) is 4.55. The Balaban J connectivity index is 1.84. The van der Waals surface area contributed by atoms with Crippen molar-refractivity contribution in [3.63, 3.8) is 0 Å². The van der Waals surface area contributed by atoms with Gasteiger partial charge in [0.25, 0.3) is 10.0 Å². The first kappa shape index (κ1) is 14.6. The average Bonchev–Trinajstić information content (AvgIpc) is 2.96. The van der Waals surface area contributed by atoms with Crippen LogP contribution in [0.2, 0.25) is 0 Å². The molecule has 2 aliphatic carbocycles. The lowest BCUT2D eigenvalue weighted by atomic mass is 9.75. The van der Waals surface area contributed by atoms with Crippen LogP contribution in [0.25, 0.3) is 0 Å². The van der Waals surface area contributed by atoms with Gasteiger partial charge in [0.05, 0.1) is 4.90 Å². The molecule has 4 nitrogen and oxygen atoms in total. The molecule has 5 heteroatoms. The summed E-state index contributed by atoms with van der Waals surface area (Å²) in [4.78, 5) is 2.70. The van der Waals surface area contributed by atoms with E-state index in [1.54, 1.807) is 24.3 Å². The summed E-state index contributed by atoms with van der Waals surface area (Å²) in [6.45, 7) is 6.29. The zero-order valence-electron chi connectivity index (χ0n) is 12.8. The molecule has 0 unspecified atom stereocenters. The fraction of sp³-hybridized carbons (Fsp3) is 0.562. The van der Waals surface area contributed by atoms with Crippen molar-refractivity contribution in [2.24, 2.45) is 22.4 Å². The summed E-state index contributed by atoms with van der Waals surface area (Å²) in [5.41, 5.74) is 2.07. The Bertz CT molecular complexity index is 675. The lowest BCUT2D eigenvalue weighted by molar-refractivity contribution is 0.333. The standard InChI is InChI=1S/C16H22N2O2S/c1-11-4-8-14(9-5-11)21(19,20)18-17-15-12-6-7-13(10-12)16(15,2)3/h4-5,8-9,12-13,18H,6-7,10H2,1-3H3/b17-15-/t12-,13-/m0/s1. The first-order valence-corrected chi connectivity index (χ1v) is 8.95. The third-order valence-electron chi connectivity index (χ3n) is 5.12. The Labute approximate surface area is 126 Å². The zero-order chi connectivity index (χ0) is 15.3. The van der Waals surface area contributed by atoms with Crippen molar-refractivity contribution >= 4 is 15.7 Å². The number of rotatable bonds is 3. The summed E-state index contributed by atoms with van der Waals surface area (Å²) in [7, 11) is -3.57. The van der Waals surface area contributed by atoms with E-state index in [1.807, 2.05) is 6.92 Å². The minimum absolute atomic E-state index is 0.0126. The quantitative estimate of drug-likeness (QED) is 0.872. The molecule has 1 N–H and O–H groups in total. The third kappa shape index (κ3) is 2.48. The van der Waals surface area contributed by atoms with Crippen LogP contribution in [0, 0.1) is 24.2 Å². The number of nitrogens with one attached hydrogen (secondary N) is 1. The summed E-state index contributed by atoms with van der Waals surface area (Å²) in [5.74, 6) is 1.09. The number of nitrogens with zero attached hydrogens (tertiary/aromatic N) is 1. The molecule has 1 aromatic carbocycles. The molecule has 2 bridgehead atoms. The van der Waals surface area contributed by atoms with E-state index in [4.69, 9.17) is 0 Å². The van der Waals surface area contributed by atoms with Gasteiger partial charge in [-0.25, -0.2) is 4.83 Å². The molecule has 2 fully saturated rings. The molecular formula is C16H22N2O2S. The lowest BCUT2D eigenvalue weighted by Crippen LogP contribution is -2.33. The van der Waals surface area contributed by atoms with Crippen LogP contribution in [0.15, 0.2) is 34.3 Å². The number of aryl methyl sites for hydroxylation is 1. The van der Waals surface area contributed by atoms with Gasteiger partial charge >= 0.3 is 0 Å². The molecule has 0 aliphatic heterocycles. The van der Waals surface area contributed by atoms with E-state index < -0.39 is 10.0 Å². The van der Waals surface area contributed by atoms with Crippen molar-refractivity contribution in [2.75, 3.05) is 0 Å². The molecule has 21 heavy (non-hydrogen) atoms. The van der Waals surface area contributed by atoms with Gasteiger partial charge in [-0.3, -0.25) is 0 Å². The first-order valence-electron chi connectivity index (χ1n) is 7.47. The molecule has 0 spiro atoms. The van der Waals surface area contributed by atoms with Crippen LogP contribution in [0.1, 0.15) is 38.7 Å². The van der Waals surface area contributed by atoms with E-state index in [9.17, 15) is 8.42 Å². The van der Waals surface area contributed by atoms with E-state index in [-0.39, 0.29) is 10.3 Å². The normalized spacial score (nSPS) is 29.0. The van der Waals surface area contributed by atoms with E-state index in [2.05, 4.69) is 23.8 Å². The van der Waals surface area contributed by atoms with Crippen LogP contribution in [-0.2, 0) is 10.0 Å². The zero-order valence-corrected chi connectivity index (χ0v) is 13.6. The number of hydrogen-bond donors (Lipinski definition) is 1. The lowest BCUT2D eigenvalue weighted by Gasteiger charge is -2.31. The second kappa shape index (κ2) is 4.83. The summed E-state index contributed by atoms with van der Waals surface area (Å²) >= 11 is 0. The summed E-state index contributed by atoms with van der Waals surface area (Å²) < 4.78 is 24.6. The maximum atomic E-state index is 12.3. The van der Waals surface area contributed by atoms with E-state index >= 15 is 0 Å². The molecule has 0 heterocycles. The van der Waals surface area contributed by atoms with Gasteiger partial charge < -0.3 is 0 Å². The first-order chi connectivity index (χ1) is 9.80. The van der Waals surface area contributed by atoms with Crippen molar-refractivity contribution in [3.8, 4) is 0 Å². The summed E-state index contributed by atoms with van der Waals surface area (Å²) in [6.07, 6.45) is 3.53. The molecule has 114 valence electrons. The SMILES string of the molecule is Cc1ccc(S(=O)(=O)N/N=C2/[C@H]3CC[C@@H](C3)C2(C)C)cc1. The largest absolute Gasteiger partial charge is 0.276 e. The molecule has 0 saturated heterocycles. The Morgan fingerprint density at radius 1 is 1.19 bits per heavy atom. The second-order valence-corrected chi connectivity index (χ2v) is 8.49. The highest BCUT2D eigenvalue weighted by Gasteiger charge is 2.50. The molecule has 0 radical (unpaired) electrons. The molecule has 3 rings (SSSR count). The van der Waals surface area contributed by atoms with Crippen LogP contribution in [0.4, 0.5) is 0 Å². The van der Waals surface area contributed by atoms with Gasteiger partial charge in [-0.2, -0.15) is 13.5 Å². The highest BCUT2D eigenvalue weighted by molar-refractivity contribution is 7.89. The van der Waals surface area contributed by atoms with Crippen molar-refractivity contribution in [1.29, 1.82) is 0 Å². The molecule has 2 atom stereocenters. The van der Waals surface area contributed by atoms with Crippen molar-refractivity contribution in [3.05, 3.63) is 29.8 Å². The van der Waals surface area contributed by atoms with Gasteiger partial charge in [0.15, 0.2) is 0 Å². The van der Waals surface area contributed by atoms with Gasteiger partial charge in [-0.15, -0.1) is 0 Å². The number of fused-ring (bicyclic) bond motifs is 2. The number of benzene rings is 1. The van der Waals surface area contributed by atoms with Gasteiger partial charge in [-0.1, -0.05) is 31.5 Å². The molecule has 1 aromatic rings. The van der Waals surface area contributed by atoms with Gasteiger partial charge in [-0.05, 0) is 50.2 Å². The molecule has 0 aromatic heterocycles. The summed E-state index contributed by atoms with van der Waals surface area (Å²) in [5, 5.41) is 4.31. The average molecular weight is 306 g/mol. The maximum Gasteiger partial charge on any atom is 0.276 e. The van der Waals surface area contributed by atoms with Crippen LogP contribution in [-0.4, -0.2) is 14.1 Å². The second-order valence-electron chi connectivity index (χ2n) is 6.83. The monoisotopic (exact) mass is 306 g/mol. The van der Waals surface area contributed by atoms with Crippen molar-refractivity contribution < 1.29 is 8.42 Å². The van der Waals surface area contributed by atoms with Gasteiger partial charge in [0.1, 0.15) is 0 Å². The van der Waals surface area contributed by atoms with Gasteiger partial charge in [0.2, 0.25) is 0 Å². The van der Waals surface area contributed by atoms with E-state index in [0.29, 0.717) is 11.8 Å². The Morgan fingerprint density at radius 3 is 2.43 bits per heavy atom. The number of hydrogen-bond acceptors (Lipinski definition) is 3. The topological polar surface area (TPSA) is 58.5 Å². The van der Waals surface area contributed by atoms with Crippen LogP contribution in [0.3, 0.4) is 0 Å². The third-order valence-corrected chi connectivity index (χ3v) is 6.34. The number of hydrazone groups is 1. The molecule has 2 aliphatic rings. The highest BCUT2D eigenvalue weighted by atomic mass is 32.2. The molecular weight excluding hydrogens is 284 g/mol.